The highest BCUT2D eigenvalue weighted by molar-refractivity contribution is 5.10. The van der Waals surface area contributed by atoms with Crippen molar-refractivity contribution in [3.8, 4) is 0 Å². The molecule has 2 aromatic rings. The van der Waals surface area contributed by atoms with E-state index in [9.17, 15) is 13.2 Å². The zero-order valence-corrected chi connectivity index (χ0v) is 13.8. The molecule has 132 valence electrons. The van der Waals surface area contributed by atoms with Crippen molar-refractivity contribution in [2.45, 2.75) is 51.9 Å². The minimum Gasteiger partial charge on any atom is -0.338 e. The summed E-state index contributed by atoms with van der Waals surface area (Å²) in [6.07, 6.45) is -1.74. The molecule has 0 aliphatic carbocycles. The van der Waals surface area contributed by atoms with Crippen LogP contribution in [0.5, 0.6) is 0 Å². The van der Waals surface area contributed by atoms with Crippen LogP contribution in [-0.2, 0) is 19.3 Å². The van der Waals surface area contributed by atoms with Gasteiger partial charge in [-0.3, -0.25) is 4.90 Å². The molecular formula is C15H21F3N6. The maximum Gasteiger partial charge on any atom is 0.432 e. The number of aromatic amines is 1. The highest BCUT2D eigenvalue weighted by atomic mass is 19.4. The predicted octanol–water partition coefficient (Wildman–Crippen LogP) is 2.73. The predicted molar refractivity (Wildman–Crippen MR) is 81.3 cm³/mol. The van der Waals surface area contributed by atoms with Gasteiger partial charge in [-0.15, -0.1) is 10.2 Å². The fourth-order valence-corrected chi connectivity index (χ4v) is 3.26. The van der Waals surface area contributed by atoms with Crippen molar-refractivity contribution in [1.82, 2.24) is 29.6 Å². The second-order valence-corrected chi connectivity index (χ2v) is 6.16. The Balaban J connectivity index is 1.69. The Morgan fingerprint density at radius 1 is 1.33 bits per heavy atom. The Morgan fingerprint density at radius 2 is 2.12 bits per heavy atom. The molecule has 1 aliphatic rings. The lowest BCUT2D eigenvalue weighted by molar-refractivity contribution is -0.141. The minimum absolute atomic E-state index is 0.0195. The van der Waals surface area contributed by atoms with Crippen LogP contribution in [-0.4, -0.2) is 42.7 Å². The van der Waals surface area contributed by atoms with Gasteiger partial charge in [-0.05, 0) is 33.2 Å². The second kappa shape index (κ2) is 6.54. The lowest BCUT2D eigenvalue weighted by atomic mass is 9.97. The maximum absolute atomic E-state index is 12.7. The van der Waals surface area contributed by atoms with Crippen LogP contribution in [0.2, 0.25) is 0 Å². The summed E-state index contributed by atoms with van der Waals surface area (Å²) in [6.45, 7) is 6.98. The van der Waals surface area contributed by atoms with Gasteiger partial charge >= 0.3 is 6.18 Å². The molecule has 6 nitrogen and oxygen atoms in total. The smallest absolute Gasteiger partial charge is 0.338 e. The van der Waals surface area contributed by atoms with E-state index in [0.717, 1.165) is 43.8 Å². The van der Waals surface area contributed by atoms with Crippen molar-refractivity contribution in [3.05, 3.63) is 29.4 Å². The summed E-state index contributed by atoms with van der Waals surface area (Å²) < 4.78 is 40.2. The van der Waals surface area contributed by atoms with E-state index >= 15 is 0 Å². The molecule has 0 amide bonds. The van der Waals surface area contributed by atoms with Gasteiger partial charge in [-0.2, -0.15) is 13.2 Å². The maximum atomic E-state index is 12.7. The molecular weight excluding hydrogens is 321 g/mol. The third kappa shape index (κ3) is 3.45. The Morgan fingerprint density at radius 3 is 2.79 bits per heavy atom. The zero-order chi connectivity index (χ0) is 17.3. The number of hydrogen-bond acceptors (Lipinski definition) is 4. The van der Waals surface area contributed by atoms with Crippen molar-refractivity contribution < 1.29 is 13.2 Å². The number of piperidine rings is 1. The number of H-pyrrole nitrogens is 1. The highest BCUT2D eigenvalue weighted by Gasteiger charge is 2.34. The molecule has 1 unspecified atom stereocenters. The molecule has 2 aromatic heterocycles. The van der Waals surface area contributed by atoms with Gasteiger partial charge in [0.05, 0.1) is 12.7 Å². The first-order valence-corrected chi connectivity index (χ1v) is 8.11. The molecule has 1 aliphatic heterocycles. The molecule has 9 heteroatoms. The Hall–Kier alpha value is -1.90. The van der Waals surface area contributed by atoms with Crippen LogP contribution in [0.4, 0.5) is 13.2 Å². The number of nitrogens with one attached hydrogen (secondary N) is 1. The highest BCUT2D eigenvalue weighted by Crippen LogP contribution is 2.31. The number of aryl methyl sites for hydroxylation is 1. The van der Waals surface area contributed by atoms with Crippen molar-refractivity contribution in [1.29, 1.82) is 0 Å². The third-order valence-corrected chi connectivity index (χ3v) is 4.49. The van der Waals surface area contributed by atoms with Gasteiger partial charge in [0.2, 0.25) is 0 Å². The number of hydrogen-bond donors (Lipinski definition) is 1. The van der Waals surface area contributed by atoms with Crippen molar-refractivity contribution >= 4 is 0 Å². The van der Waals surface area contributed by atoms with Crippen LogP contribution in [0.15, 0.2) is 6.20 Å². The third-order valence-electron chi connectivity index (χ3n) is 4.49. The molecule has 3 heterocycles. The lowest BCUT2D eigenvalue weighted by Crippen LogP contribution is -2.35. The van der Waals surface area contributed by atoms with Gasteiger partial charge in [0.1, 0.15) is 23.2 Å². The Bertz CT molecular complexity index is 690. The van der Waals surface area contributed by atoms with E-state index in [0.29, 0.717) is 18.9 Å². The van der Waals surface area contributed by atoms with E-state index < -0.39 is 11.9 Å². The fourth-order valence-electron chi connectivity index (χ4n) is 3.26. The van der Waals surface area contributed by atoms with Crippen LogP contribution in [0.25, 0.3) is 0 Å². The molecule has 1 N–H and O–H groups in total. The molecule has 1 atom stereocenters. The number of aromatic nitrogens is 5. The number of nitrogens with zero attached hydrogens (tertiary/aromatic N) is 5. The molecule has 0 saturated carbocycles. The average molecular weight is 342 g/mol. The average Bonchev–Trinajstić information content (AvgIpc) is 3.15. The summed E-state index contributed by atoms with van der Waals surface area (Å²) in [7, 11) is 0. The standard InChI is InChI=1S/C15H21F3N6/c1-3-24-10(2)21-22-13(24)9-23-6-4-5-11(8-23)14-19-7-12(20-14)15(16,17)18/h7,11H,3-6,8-9H2,1-2H3,(H,19,20). The number of alkyl halides is 3. The van der Waals surface area contributed by atoms with E-state index in [1.165, 1.54) is 0 Å². The SMILES string of the molecule is CCn1c(C)nnc1CN1CCCC(c2ncc(C(F)(F)F)[nH]2)C1. The molecule has 1 fully saturated rings. The van der Waals surface area contributed by atoms with E-state index in [-0.39, 0.29) is 5.92 Å². The molecule has 0 aromatic carbocycles. The topological polar surface area (TPSA) is 62.6 Å². The molecule has 0 bridgehead atoms. The van der Waals surface area contributed by atoms with Crippen LogP contribution in [0.3, 0.4) is 0 Å². The van der Waals surface area contributed by atoms with Gasteiger partial charge in [0.25, 0.3) is 0 Å². The molecule has 0 radical (unpaired) electrons. The molecule has 24 heavy (non-hydrogen) atoms. The van der Waals surface area contributed by atoms with Gasteiger partial charge in [0, 0.05) is 19.0 Å². The van der Waals surface area contributed by atoms with Gasteiger partial charge < -0.3 is 9.55 Å². The van der Waals surface area contributed by atoms with Crippen LogP contribution >= 0.6 is 0 Å². The lowest BCUT2D eigenvalue weighted by Gasteiger charge is -2.31. The van der Waals surface area contributed by atoms with Crippen LogP contribution < -0.4 is 0 Å². The van der Waals surface area contributed by atoms with Gasteiger partial charge in [-0.25, -0.2) is 4.98 Å². The Kier molecular flexibility index (Phi) is 4.62. The number of rotatable bonds is 4. The Labute approximate surface area is 138 Å². The van der Waals surface area contributed by atoms with Crippen molar-refractivity contribution in [2.75, 3.05) is 13.1 Å². The summed E-state index contributed by atoms with van der Waals surface area (Å²) in [5.74, 6) is 2.17. The van der Waals surface area contributed by atoms with Gasteiger partial charge in [0.15, 0.2) is 0 Å². The first kappa shape index (κ1) is 16.9. The quantitative estimate of drug-likeness (QED) is 0.928. The van der Waals surface area contributed by atoms with E-state index in [1.807, 2.05) is 13.8 Å². The van der Waals surface area contributed by atoms with E-state index in [2.05, 4.69) is 29.6 Å². The van der Waals surface area contributed by atoms with Gasteiger partial charge in [-0.1, -0.05) is 0 Å². The van der Waals surface area contributed by atoms with Crippen molar-refractivity contribution in [2.24, 2.45) is 0 Å². The van der Waals surface area contributed by atoms with E-state index in [1.54, 1.807) is 0 Å². The van der Waals surface area contributed by atoms with Crippen LogP contribution in [0.1, 0.15) is 48.9 Å². The minimum atomic E-state index is -4.38. The monoisotopic (exact) mass is 342 g/mol. The fraction of sp³-hybridized carbons (Fsp3) is 0.667. The number of imidazole rings is 1. The first-order chi connectivity index (χ1) is 11.4. The zero-order valence-electron chi connectivity index (χ0n) is 13.8. The van der Waals surface area contributed by atoms with E-state index in [4.69, 9.17) is 0 Å². The number of halogens is 3. The first-order valence-electron chi connectivity index (χ1n) is 8.11. The summed E-state index contributed by atoms with van der Waals surface area (Å²) >= 11 is 0. The second-order valence-electron chi connectivity index (χ2n) is 6.16. The summed E-state index contributed by atoms with van der Waals surface area (Å²) in [6, 6.07) is 0. The summed E-state index contributed by atoms with van der Waals surface area (Å²) in [4.78, 5) is 8.60. The van der Waals surface area contributed by atoms with Crippen LogP contribution in [0, 0.1) is 6.92 Å². The largest absolute Gasteiger partial charge is 0.432 e. The normalized spacial score (nSPS) is 19.8. The van der Waals surface area contributed by atoms with Crippen molar-refractivity contribution in [3.63, 3.8) is 0 Å². The number of likely N-dealkylation sites (tertiary alicyclic amines) is 1. The summed E-state index contributed by atoms with van der Waals surface area (Å²) in [5.41, 5.74) is -0.782. The molecule has 0 spiro atoms. The summed E-state index contributed by atoms with van der Waals surface area (Å²) in [5, 5.41) is 8.32. The molecule has 3 rings (SSSR count). The molecule has 1 saturated heterocycles.